The first kappa shape index (κ1) is 15.7. The van der Waals surface area contributed by atoms with Crippen LogP contribution in [0, 0.1) is 6.92 Å². The molecule has 1 rings (SSSR count). The first-order valence-electron chi connectivity index (χ1n) is 6.62. The van der Waals surface area contributed by atoms with E-state index < -0.39 is 11.5 Å². The highest BCUT2D eigenvalue weighted by atomic mass is 16.4. The minimum Gasteiger partial charge on any atom is -0.480 e. The van der Waals surface area contributed by atoms with Crippen LogP contribution in [0.4, 0.5) is 0 Å². The van der Waals surface area contributed by atoms with Gasteiger partial charge in [0.1, 0.15) is 5.54 Å². The molecular formula is C15H24N2O2. The number of rotatable bonds is 7. The SMILES string of the molecule is CCC(NCCN(C)C)(C(=O)O)c1ccc(C)cc1. The molecule has 4 nitrogen and oxygen atoms in total. The normalized spacial score (nSPS) is 14.4. The monoisotopic (exact) mass is 264 g/mol. The lowest BCUT2D eigenvalue weighted by atomic mass is 9.86. The second-order valence-corrected chi connectivity index (χ2v) is 5.16. The van der Waals surface area contributed by atoms with E-state index in [0.717, 1.165) is 17.7 Å². The van der Waals surface area contributed by atoms with Crippen molar-refractivity contribution >= 4 is 5.97 Å². The third kappa shape index (κ3) is 3.78. The minimum absolute atomic E-state index is 0.513. The first-order valence-corrected chi connectivity index (χ1v) is 6.62. The molecule has 0 heterocycles. The molecule has 0 aliphatic heterocycles. The fraction of sp³-hybridized carbons (Fsp3) is 0.533. The maximum atomic E-state index is 11.7. The van der Waals surface area contributed by atoms with Gasteiger partial charge < -0.3 is 10.0 Å². The molecule has 0 fully saturated rings. The summed E-state index contributed by atoms with van der Waals surface area (Å²) in [6.45, 7) is 5.34. The molecule has 0 aromatic heterocycles. The van der Waals surface area contributed by atoms with Gasteiger partial charge in [0.15, 0.2) is 0 Å². The highest BCUT2D eigenvalue weighted by molar-refractivity contribution is 5.80. The molecule has 1 atom stereocenters. The maximum Gasteiger partial charge on any atom is 0.328 e. The van der Waals surface area contributed by atoms with Crippen molar-refractivity contribution < 1.29 is 9.90 Å². The molecule has 106 valence electrons. The van der Waals surface area contributed by atoms with E-state index in [2.05, 4.69) is 5.32 Å². The van der Waals surface area contributed by atoms with Gasteiger partial charge in [0.2, 0.25) is 0 Å². The molecule has 0 radical (unpaired) electrons. The van der Waals surface area contributed by atoms with E-state index in [9.17, 15) is 9.90 Å². The number of benzene rings is 1. The summed E-state index contributed by atoms with van der Waals surface area (Å²) in [6, 6.07) is 7.71. The van der Waals surface area contributed by atoms with Crippen LogP contribution in [-0.2, 0) is 10.3 Å². The van der Waals surface area contributed by atoms with Crippen molar-refractivity contribution in [1.82, 2.24) is 10.2 Å². The van der Waals surface area contributed by atoms with Crippen LogP contribution in [0.25, 0.3) is 0 Å². The highest BCUT2D eigenvalue weighted by Gasteiger charge is 2.37. The lowest BCUT2D eigenvalue weighted by Gasteiger charge is -2.31. The van der Waals surface area contributed by atoms with Gasteiger partial charge in [-0.25, -0.2) is 4.79 Å². The van der Waals surface area contributed by atoms with Crippen molar-refractivity contribution in [2.24, 2.45) is 0 Å². The van der Waals surface area contributed by atoms with Crippen LogP contribution in [0.15, 0.2) is 24.3 Å². The number of likely N-dealkylation sites (N-methyl/N-ethyl adjacent to an activating group) is 1. The fourth-order valence-electron chi connectivity index (χ4n) is 2.11. The van der Waals surface area contributed by atoms with Crippen LogP contribution in [0.3, 0.4) is 0 Å². The van der Waals surface area contributed by atoms with E-state index >= 15 is 0 Å². The van der Waals surface area contributed by atoms with E-state index in [4.69, 9.17) is 0 Å². The summed E-state index contributed by atoms with van der Waals surface area (Å²) in [5, 5.41) is 12.8. The summed E-state index contributed by atoms with van der Waals surface area (Å²) < 4.78 is 0. The Bertz CT molecular complexity index is 415. The Kier molecular flexibility index (Phi) is 5.51. The van der Waals surface area contributed by atoms with Gasteiger partial charge in [-0.3, -0.25) is 5.32 Å². The number of nitrogens with zero attached hydrogens (tertiary/aromatic N) is 1. The first-order chi connectivity index (χ1) is 8.92. The third-order valence-corrected chi connectivity index (χ3v) is 3.43. The van der Waals surface area contributed by atoms with Crippen molar-refractivity contribution in [1.29, 1.82) is 0 Å². The highest BCUT2D eigenvalue weighted by Crippen LogP contribution is 2.25. The summed E-state index contributed by atoms with van der Waals surface area (Å²) in [5.41, 5.74) is 0.947. The van der Waals surface area contributed by atoms with Gasteiger partial charge >= 0.3 is 5.97 Å². The Morgan fingerprint density at radius 3 is 2.32 bits per heavy atom. The predicted octanol–water partition coefficient (Wildman–Crippen LogP) is 1.84. The molecule has 1 aromatic carbocycles. The standard InChI is InChI=1S/C15H24N2O2/c1-5-15(14(18)19,16-10-11-17(3)4)13-8-6-12(2)7-9-13/h6-9,16H,5,10-11H2,1-4H3,(H,18,19). The van der Waals surface area contributed by atoms with Crippen molar-refractivity contribution in [2.45, 2.75) is 25.8 Å². The van der Waals surface area contributed by atoms with Crippen molar-refractivity contribution in [3.63, 3.8) is 0 Å². The average molecular weight is 264 g/mol. The zero-order valence-corrected chi connectivity index (χ0v) is 12.2. The van der Waals surface area contributed by atoms with E-state index in [-0.39, 0.29) is 0 Å². The Morgan fingerprint density at radius 1 is 1.32 bits per heavy atom. The average Bonchev–Trinajstić information content (AvgIpc) is 2.35. The van der Waals surface area contributed by atoms with Gasteiger partial charge in [-0.2, -0.15) is 0 Å². The number of hydrogen-bond donors (Lipinski definition) is 2. The van der Waals surface area contributed by atoms with E-state index in [1.54, 1.807) is 0 Å². The van der Waals surface area contributed by atoms with Gasteiger partial charge in [0.05, 0.1) is 0 Å². The second-order valence-electron chi connectivity index (χ2n) is 5.16. The Labute approximate surface area is 115 Å². The molecule has 0 amide bonds. The van der Waals surface area contributed by atoms with Gasteiger partial charge in [0.25, 0.3) is 0 Å². The van der Waals surface area contributed by atoms with Crippen LogP contribution >= 0.6 is 0 Å². The molecule has 0 aliphatic carbocycles. The second kappa shape index (κ2) is 6.68. The molecule has 0 saturated carbocycles. The van der Waals surface area contributed by atoms with E-state index in [1.807, 2.05) is 57.1 Å². The minimum atomic E-state index is -0.996. The zero-order chi connectivity index (χ0) is 14.5. The molecule has 19 heavy (non-hydrogen) atoms. The van der Waals surface area contributed by atoms with Crippen molar-refractivity contribution in [2.75, 3.05) is 27.2 Å². The van der Waals surface area contributed by atoms with E-state index in [1.165, 1.54) is 0 Å². The van der Waals surface area contributed by atoms with Crippen LogP contribution < -0.4 is 5.32 Å². The number of hydrogen-bond acceptors (Lipinski definition) is 3. The maximum absolute atomic E-state index is 11.7. The number of aryl methyl sites for hydroxylation is 1. The molecule has 2 N–H and O–H groups in total. The third-order valence-electron chi connectivity index (χ3n) is 3.43. The van der Waals surface area contributed by atoms with Crippen LogP contribution in [0.1, 0.15) is 24.5 Å². The largest absolute Gasteiger partial charge is 0.480 e. The van der Waals surface area contributed by atoms with Crippen LogP contribution in [0.5, 0.6) is 0 Å². The fourth-order valence-corrected chi connectivity index (χ4v) is 2.11. The summed E-state index contributed by atoms with van der Waals surface area (Å²) in [7, 11) is 3.95. The van der Waals surface area contributed by atoms with Crippen molar-refractivity contribution in [3.05, 3.63) is 35.4 Å². The molecule has 1 unspecified atom stereocenters. The molecule has 0 aliphatic rings. The summed E-state index contributed by atoms with van der Waals surface area (Å²) in [6.07, 6.45) is 0.513. The lowest BCUT2D eigenvalue weighted by molar-refractivity contribution is -0.145. The van der Waals surface area contributed by atoms with Crippen LogP contribution in [-0.4, -0.2) is 43.2 Å². The molecule has 4 heteroatoms. The summed E-state index contributed by atoms with van der Waals surface area (Å²) in [4.78, 5) is 13.8. The molecule has 1 aromatic rings. The van der Waals surface area contributed by atoms with E-state index in [0.29, 0.717) is 13.0 Å². The summed E-state index contributed by atoms with van der Waals surface area (Å²) >= 11 is 0. The molecule has 0 spiro atoms. The molecule has 0 bridgehead atoms. The lowest BCUT2D eigenvalue weighted by Crippen LogP contribution is -2.50. The smallest absolute Gasteiger partial charge is 0.328 e. The van der Waals surface area contributed by atoms with Gasteiger partial charge in [-0.1, -0.05) is 36.8 Å². The van der Waals surface area contributed by atoms with Gasteiger partial charge in [-0.15, -0.1) is 0 Å². The number of nitrogens with one attached hydrogen (secondary N) is 1. The molecular weight excluding hydrogens is 240 g/mol. The Hall–Kier alpha value is -1.39. The number of carboxylic acids is 1. The van der Waals surface area contributed by atoms with Crippen molar-refractivity contribution in [3.8, 4) is 0 Å². The number of carbonyl (C=O) groups is 1. The Morgan fingerprint density at radius 2 is 1.89 bits per heavy atom. The topological polar surface area (TPSA) is 52.6 Å². The Balaban J connectivity index is 2.98. The molecule has 0 saturated heterocycles. The zero-order valence-electron chi connectivity index (χ0n) is 12.2. The number of carboxylic acid groups (broad SMARTS) is 1. The summed E-state index contributed by atoms with van der Waals surface area (Å²) in [5.74, 6) is -0.822. The predicted molar refractivity (Wildman–Crippen MR) is 77.3 cm³/mol. The van der Waals surface area contributed by atoms with Gasteiger partial charge in [-0.05, 0) is 33.0 Å². The number of aliphatic carboxylic acids is 1. The quantitative estimate of drug-likeness (QED) is 0.789. The van der Waals surface area contributed by atoms with Crippen LogP contribution in [0.2, 0.25) is 0 Å². The van der Waals surface area contributed by atoms with Gasteiger partial charge in [0, 0.05) is 13.1 Å².